The molecule has 0 spiro atoms. The van der Waals surface area contributed by atoms with Gasteiger partial charge in [0.1, 0.15) is 0 Å². The number of methoxy groups -OCH3 is 1. The molecule has 5 nitrogen and oxygen atoms in total. The van der Waals surface area contributed by atoms with E-state index in [9.17, 15) is 4.79 Å². The number of fused-ring (bicyclic) bond motifs is 1. The molecular weight excluding hydrogens is 294 g/mol. The van der Waals surface area contributed by atoms with Gasteiger partial charge >= 0.3 is 0 Å². The summed E-state index contributed by atoms with van der Waals surface area (Å²) in [6.07, 6.45) is 0.183. The third-order valence-corrected chi connectivity index (χ3v) is 3.59. The fraction of sp³-hybridized carbons (Fsp3) is 0.278. The van der Waals surface area contributed by atoms with Gasteiger partial charge in [0.15, 0.2) is 17.6 Å². The van der Waals surface area contributed by atoms with E-state index in [4.69, 9.17) is 14.2 Å². The summed E-state index contributed by atoms with van der Waals surface area (Å²) in [5.74, 6) is 1.12. The molecule has 0 bridgehead atoms. The van der Waals surface area contributed by atoms with Gasteiger partial charge in [0.25, 0.3) is 5.91 Å². The minimum absolute atomic E-state index is 0.229. The molecule has 0 aromatic heterocycles. The first-order valence-electron chi connectivity index (χ1n) is 7.56. The van der Waals surface area contributed by atoms with E-state index in [-0.39, 0.29) is 5.91 Å². The van der Waals surface area contributed by atoms with Crippen molar-refractivity contribution in [2.24, 2.45) is 0 Å². The largest absolute Gasteiger partial charge is 0.490 e. The molecule has 1 N–H and O–H groups in total. The second-order valence-electron chi connectivity index (χ2n) is 5.23. The van der Waals surface area contributed by atoms with Crippen LogP contribution in [0, 0.1) is 0 Å². The fourth-order valence-electron chi connectivity index (χ4n) is 2.47. The Kier molecular flexibility index (Phi) is 4.78. The molecule has 2 aromatic carbocycles. The number of carbonyl (C=O) groups is 1. The van der Waals surface area contributed by atoms with Crippen LogP contribution >= 0.6 is 0 Å². The summed E-state index contributed by atoms with van der Waals surface area (Å²) in [7, 11) is 1.52. The smallest absolute Gasteiger partial charge is 0.258 e. The SMILES string of the molecule is COC(C(=O)Nc1ccc2c(c1)OCCCO2)c1ccccc1. The van der Waals surface area contributed by atoms with Crippen molar-refractivity contribution in [2.45, 2.75) is 12.5 Å². The van der Waals surface area contributed by atoms with E-state index in [1.54, 1.807) is 18.2 Å². The molecule has 0 saturated heterocycles. The van der Waals surface area contributed by atoms with Crippen LogP contribution in [-0.4, -0.2) is 26.2 Å². The van der Waals surface area contributed by atoms with Gasteiger partial charge < -0.3 is 19.5 Å². The Labute approximate surface area is 135 Å². The van der Waals surface area contributed by atoms with Crippen LogP contribution < -0.4 is 14.8 Å². The van der Waals surface area contributed by atoms with Crippen LogP contribution in [0.25, 0.3) is 0 Å². The van der Waals surface area contributed by atoms with Crippen molar-refractivity contribution in [3.63, 3.8) is 0 Å². The first kappa shape index (κ1) is 15.4. The van der Waals surface area contributed by atoms with Gasteiger partial charge in [0, 0.05) is 25.3 Å². The summed E-state index contributed by atoms with van der Waals surface area (Å²) in [6, 6.07) is 14.8. The van der Waals surface area contributed by atoms with Crippen molar-refractivity contribution in [3.8, 4) is 11.5 Å². The normalized spacial score (nSPS) is 14.7. The lowest BCUT2D eigenvalue weighted by Gasteiger charge is -2.16. The lowest BCUT2D eigenvalue weighted by atomic mass is 10.1. The lowest BCUT2D eigenvalue weighted by Crippen LogP contribution is -2.22. The van der Waals surface area contributed by atoms with E-state index in [2.05, 4.69) is 5.32 Å². The summed E-state index contributed by atoms with van der Waals surface area (Å²) >= 11 is 0. The van der Waals surface area contributed by atoms with E-state index < -0.39 is 6.10 Å². The van der Waals surface area contributed by atoms with Crippen molar-refractivity contribution < 1.29 is 19.0 Å². The molecule has 120 valence electrons. The Morgan fingerprint density at radius 1 is 1.09 bits per heavy atom. The highest BCUT2D eigenvalue weighted by Gasteiger charge is 2.20. The molecule has 1 atom stereocenters. The van der Waals surface area contributed by atoms with Gasteiger partial charge in [-0.1, -0.05) is 30.3 Å². The van der Waals surface area contributed by atoms with E-state index in [0.717, 1.165) is 12.0 Å². The van der Waals surface area contributed by atoms with Gasteiger partial charge in [0.05, 0.1) is 13.2 Å². The lowest BCUT2D eigenvalue weighted by molar-refractivity contribution is -0.126. The van der Waals surface area contributed by atoms with Crippen LogP contribution in [0.5, 0.6) is 11.5 Å². The maximum Gasteiger partial charge on any atom is 0.258 e. The van der Waals surface area contributed by atoms with E-state index >= 15 is 0 Å². The third-order valence-electron chi connectivity index (χ3n) is 3.59. The van der Waals surface area contributed by atoms with Crippen LogP contribution in [0.3, 0.4) is 0 Å². The van der Waals surface area contributed by atoms with Crippen molar-refractivity contribution in [2.75, 3.05) is 25.6 Å². The Bertz CT molecular complexity index is 672. The first-order chi connectivity index (χ1) is 11.3. The van der Waals surface area contributed by atoms with Gasteiger partial charge in [-0.15, -0.1) is 0 Å². The van der Waals surface area contributed by atoms with Crippen LogP contribution in [0.1, 0.15) is 18.1 Å². The topological polar surface area (TPSA) is 56.8 Å². The zero-order valence-electron chi connectivity index (χ0n) is 13.0. The molecular formula is C18H19NO4. The van der Waals surface area contributed by atoms with Crippen molar-refractivity contribution in [1.29, 1.82) is 0 Å². The summed E-state index contributed by atoms with van der Waals surface area (Å²) in [5.41, 5.74) is 1.46. The van der Waals surface area contributed by atoms with Crippen LogP contribution in [0.4, 0.5) is 5.69 Å². The molecule has 0 fully saturated rings. The number of nitrogens with one attached hydrogen (secondary N) is 1. The zero-order valence-corrected chi connectivity index (χ0v) is 13.0. The molecule has 1 unspecified atom stereocenters. The maximum absolute atomic E-state index is 12.5. The molecule has 23 heavy (non-hydrogen) atoms. The van der Waals surface area contributed by atoms with Gasteiger partial charge in [0.2, 0.25) is 0 Å². The van der Waals surface area contributed by atoms with Crippen molar-refractivity contribution in [1.82, 2.24) is 0 Å². The quantitative estimate of drug-likeness (QED) is 0.942. The average Bonchev–Trinajstić information content (AvgIpc) is 2.81. The monoisotopic (exact) mass is 313 g/mol. The summed E-state index contributed by atoms with van der Waals surface area (Å²) in [6.45, 7) is 1.24. The highest BCUT2D eigenvalue weighted by molar-refractivity contribution is 5.95. The van der Waals surface area contributed by atoms with E-state index in [1.807, 2.05) is 30.3 Å². The van der Waals surface area contributed by atoms with Crippen LogP contribution in [0.2, 0.25) is 0 Å². The van der Waals surface area contributed by atoms with Crippen molar-refractivity contribution >= 4 is 11.6 Å². The predicted molar refractivity (Wildman–Crippen MR) is 86.9 cm³/mol. The Morgan fingerprint density at radius 2 is 1.83 bits per heavy atom. The average molecular weight is 313 g/mol. The molecule has 1 aliphatic rings. The molecule has 1 heterocycles. The molecule has 5 heteroatoms. The molecule has 0 saturated carbocycles. The first-order valence-corrected chi connectivity index (χ1v) is 7.56. The Hall–Kier alpha value is -2.53. The summed E-state index contributed by atoms with van der Waals surface area (Å²) < 4.78 is 16.6. The molecule has 1 amide bonds. The minimum atomic E-state index is -0.660. The van der Waals surface area contributed by atoms with E-state index in [1.165, 1.54) is 7.11 Å². The second-order valence-corrected chi connectivity index (χ2v) is 5.23. The van der Waals surface area contributed by atoms with E-state index in [0.29, 0.717) is 30.4 Å². The molecule has 2 aromatic rings. The minimum Gasteiger partial charge on any atom is -0.490 e. The molecule has 0 aliphatic carbocycles. The van der Waals surface area contributed by atoms with Crippen molar-refractivity contribution in [3.05, 3.63) is 54.1 Å². The zero-order chi connectivity index (χ0) is 16.1. The Morgan fingerprint density at radius 3 is 2.57 bits per heavy atom. The number of hydrogen-bond donors (Lipinski definition) is 1. The number of amides is 1. The fourth-order valence-corrected chi connectivity index (χ4v) is 2.47. The third kappa shape index (κ3) is 3.63. The van der Waals surface area contributed by atoms with Crippen LogP contribution in [-0.2, 0) is 9.53 Å². The number of carbonyl (C=O) groups excluding carboxylic acids is 1. The Balaban J connectivity index is 1.75. The second kappa shape index (κ2) is 7.15. The summed E-state index contributed by atoms with van der Waals surface area (Å²) in [5, 5.41) is 2.86. The maximum atomic E-state index is 12.5. The van der Waals surface area contributed by atoms with Crippen LogP contribution in [0.15, 0.2) is 48.5 Å². The van der Waals surface area contributed by atoms with Gasteiger partial charge in [-0.25, -0.2) is 0 Å². The molecule has 0 radical (unpaired) electrons. The highest BCUT2D eigenvalue weighted by atomic mass is 16.5. The predicted octanol–water partition coefficient (Wildman–Crippen LogP) is 3.17. The summed E-state index contributed by atoms with van der Waals surface area (Å²) in [4.78, 5) is 12.5. The van der Waals surface area contributed by atoms with Gasteiger partial charge in [-0.05, 0) is 17.7 Å². The molecule has 1 aliphatic heterocycles. The standard InChI is InChI=1S/C18H19NO4/c1-21-17(13-6-3-2-4-7-13)18(20)19-14-8-9-15-16(12-14)23-11-5-10-22-15/h2-4,6-9,12,17H,5,10-11H2,1H3,(H,19,20). The number of ether oxygens (including phenoxy) is 3. The number of hydrogen-bond acceptors (Lipinski definition) is 4. The number of anilines is 1. The van der Waals surface area contributed by atoms with Gasteiger partial charge in [-0.3, -0.25) is 4.79 Å². The highest BCUT2D eigenvalue weighted by Crippen LogP contribution is 2.32. The number of rotatable bonds is 4. The molecule has 3 rings (SSSR count). The van der Waals surface area contributed by atoms with Gasteiger partial charge in [-0.2, -0.15) is 0 Å². The number of benzene rings is 2.